The molecule has 0 radical (unpaired) electrons. The highest BCUT2D eigenvalue weighted by atomic mass is 35.5. The van der Waals surface area contributed by atoms with Gasteiger partial charge in [0.2, 0.25) is 11.8 Å². The molecule has 1 aromatic heterocycles. The minimum absolute atomic E-state index is 0.0528. The highest BCUT2D eigenvalue weighted by molar-refractivity contribution is 6.32. The first kappa shape index (κ1) is 39.3. The van der Waals surface area contributed by atoms with Crippen LogP contribution in [0.4, 0.5) is 0 Å². The van der Waals surface area contributed by atoms with E-state index >= 15 is 0 Å². The molecule has 52 heavy (non-hydrogen) atoms. The third kappa shape index (κ3) is 11.0. The minimum Gasteiger partial charge on any atom is -0.478 e. The lowest BCUT2D eigenvalue weighted by Gasteiger charge is -2.15. The van der Waals surface area contributed by atoms with E-state index in [1.54, 1.807) is 54.6 Å². The highest BCUT2D eigenvalue weighted by Gasteiger charge is 2.27. The first-order valence-corrected chi connectivity index (χ1v) is 17.5. The summed E-state index contributed by atoms with van der Waals surface area (Å²) in [5.41, 5.74) is 4.94. The van der Waals surface area contributed by atoms with E-state index in [2.05, 4.69) is 27.9 Å². The molecule has 13 nitrogen and oxygen atoms in total. The molecule has 4 amide bonds. The molecule has 4 rings (SSSR count). The van der Waals surface area contributed by atoms with Crippen molar-refractivity contribution in [2.75, 3.05) is 19.6 Å². The van der Waals surface area contributed by atoms with Gasteiger partial charge in [-0.15, -0.1) is 0 Å². The summed E-state index contributed by atoms with van der Waals surface area (Å²) in [4.78, 5) is 66.6. The zero-order chi connectivity index (χ0) is 37.5. The van der Waals surface area contributed by atoms with Gasteiger partial charge in [0.05, 0.1) is 12.1 Å². The number of carboxylic acids is 1. The number of carbonyl (C=O) groups is 5. The third-order valence-electron chi connectivity index (χ3n) is 8.40. The van der Waals surface area contributed by atoms with E-state index in [0.717, 1.165) is 29.5 Å². The maximum Gasteiger partial charge on any atom is 0.336 e. The molecule has 0 spiro atoms. The Kier molecular flexibility index (Phi) is 14.9. The van der Waals surface area contributed by atoms with Crippen molar-refractivity contribution in [3.8, 4) is 11.1 Å². The molecule has 0 fully saturated rings. The van der Waals surface area contributed by atoms with Crippen LogP contribution in [0.3, 0.4) is 0 Å². The number of aryl methyl sites for hydroxylation is 1. The fourth-order valence-corrected chi connectivity index (χ4v) is 5.91. The molecule has 0 saturated heterocycles. The Labute approximate surface area is 306 Å². The van der Waals surface area contributed by atoms with Gasteiger partial charge in [-0.1, -0.05) is 97.7 Å². The van der Waals surface area contributed by atoms with Crippen LogP contribution >= 0.6 is 11.6 Å². The minimum atomic E-state index is -1.22. The molecule has 274 valence electrons. The zero-order valence-electron chi connectivity index (χ0n) is 28.9. The molecule has 1 unspecified atom stereocenters. The molecular weight excluding hydrogens is 688 g/mol. The number of imidazole rings is 1. The predicted molar refractivity (Wildman–Crippen MR) is 195 cm³/mol. The van der Waals surface area contributed by atoms with Gasteiger partial charge in [0.15, 0.2) is 5.15 Å². The van der Waals surface area contributed by atoms with E-state index in [9.17, 15) is 29.1 Å². The normalized spacial score (nSPS) is 11.4. The van der Waals surface area contributed by atoms with E-state index in [0.29, 0.717) is 50.3 Å². The smallest absolute Gasteiger partial charge is 0.336 e. The topological polar surface area (TPSA) is 192 Å². The number of unbranched alkanes of at least 4 members (excludes halogenated alkanes) is 2. The van der Waals surface area contributed by atoms with E-state index in [4.69, 9.17) is 16.8 Å². The second-order valence-electron chi connectivity index (χ2n) is 12.2. The number of rotatable bonds is 19. The van der Waals surface area contributed by atoms with E-state index < -0.39 is 29.6 Å². The van der Waals surface area contributed by atoms with Crippen molar-refractivity contribution in [3.63, 3.8) is 0 Å². The van der Waals surface area contributed by atoms with Gasteiger partial charge in [0, 0.05) is 26.1 Å². The maximum atomic E-state index is 13.4. The summed E-state index contributed by atoms with van der Waals surface area (Å²) in [6.07, 6.45) is 3.56. The maximum absolute atomic E-state index is 13.4. The molecule has 6 N–H and O–H groups in total. The van der Waals surface area contributed by atoms with Crippen LogP contribution in [0.5, 0.6) is 0 Å². The Hall–Kier alpha value is -5.53. The van der Waals surface area contributed by atoms with Gasteiger partial charge in [-0.05, 0) is 54.0 Å². The van der Waals surface area contributed by atoms with Crippen LogP contribution in [0.25, 0.3) is 11.1 Å². The van der Waals surface area contributed by atoms with E-state index in [-0.39, 0.29) is 35.3 Å². The van der Waals surface area contributed by atoms with E-state index in [1.165, 1.54) is 5.48 Å². The van der Waals surface area contributed by atoms with Crippen LogP contribution in [0, 0.1) is 5.92 Å². The number of carbonyl (C=O) groups excluding carboxylic acids is 4. The summed E-state index contributed by atoms with van der Waals surface area (Å²) in [6.45, 7) is 2.66. The zero-order valence-corrected chi connectivity index (χ0v) is 29.6. The van der Waals surface area contributed by atoms with Gasteiger partial charge in [-0.25, -0.2) is 15.3 Å². The SMILES string of the molecule is CCCCc1nc(Cl)c(C(=O)NCCCCNC(=O)CNC(=O)C(Cc2ccccc2)C(=O)NO)n1Cc1ccc(-c2ccccc2C(=O)O)cc1. The number of hydrogen-bond acceptors (Lipinski definition) is 7. The van der Waals surface area contributed by atoms with Crippen molar-refractivity contribution in [1.29, 1.82) is 0 Å². The molecule has 1 heterocycles. The Morgan fingerprint density at radius 3 is 2.15 bits per heavy atom. The van der Waals surface area contributed by atoms with Crippen LogP contribution < -0.4 is 21.4 Å². The molecule has 14 heteroatoms. The number of aromatic carboxylic acids is 1. The number of benzene rings is 3. The second-order valence-corrected chi connectivity index (χ2v) is 12.5. The number of nitrogens with zero attached hydrogens (tertiary/aromatic N) is 2. The van der Waals surface area contributed by atoms with Gasteiger partial charge >= 0.3 is 5.97 Å². The van der Waals surface area contributed by atoms with Crippen LogP contribution in [-0.4, -0.2) is 69.1 Å². The first-order valence-electron chi connectivity index (χ1n) is 17.1. The van der Waals surface area contributed by atoms with Gasteiger partial charge in [-0.2, -0.15) is 0 Å². The van der Waals surface area contributed by atoms with Crippen molar-refractivity contribution < 1.29 is 34.3 Å². The first-order chi connectivity index (χ1) is 25.1. The molecule has 0 bridgehead atoms. The summed E-state index contributed by atoms with van der Waals surface area (Å²) < 4.78 is 1.82. The fourth-order valence-electron chi connectivity index (χ4n) is 5.62. The summed E-state index contributed by atoms with van der Waals surface area (Å²) in [5, 5.41) is 26.8. The lowest BCUT2D eigenvalue weighted by atomic mass is 9.98. The van der Waals surface area contributed by atoms with Crippen molar-refractivity contribution in [2.24, 2.45) is 5.92 Å². The van der Waals surface area contributed by atoms with Gasteiger partial charge in [0.25, 0.3) is 11.8 Å². The lowest BCUT2D eigenvalue weighted by molar-refractivity contribution is -0.141. The number of carboxylic acid groups (broad SMARTS) is 1. The average molecular weight is 731 g/mol. The molecule has 4 aromatic rings. The van der Waals surface area contributed by atoms with Gasteiger partial charge < -0.3 is 25.6 Å². The molecular formula is C38H43ClN6O7. The standard InChI is InChI=1S/C38H43ClN6O7/c1-2-3-15-31-43-34(39)33(45(31)24-26-16-18-27(19-17-26)28-13-7-8-14-29(28)38(50)51)37(49)41-21-10-9-20-40-32(46)23-42-35(47)30(36(48)44-52)22-25-11-5-4-6-12-25/h4-8,11-14,16-19,30,52H,2-3,9-10,15,20-24H2,1H3,(H,40,46)(H,41,49)(H,42,47)(H,44,48)(H,50,51). The Balaban J connectivity index is 1.27. The van der Waals surface area contributed by atoms with Crippen LogP contribution in [0.2, 0.25) is 5.15 Å². The van der Waals surface area contributed by atoms with E-state index in [1.807, 2.05) is 28.8 Å². The quantitative estimate of drug-likeness (QED) is 0.0354. The average Bonchev–Trinajstić information content (AvgIpc) is 3.47. The molecule has 1 atom stereocenters. The number of aromatic nitrogens is 2. The van der Waals surface area contributed by atoms with Gasteiger partial charge in [-0.3, -0.25) is 24.4 Å². The van der Waals surface area contributed by atoms with Crippen LogP contribution in [0.1, 0.15) is 70.4 Å². The molecule has 0 aliphatic heterocycles. The van der Waals surface area contributed by atoms with Crippen molar-refractivity contribution in [1.82, 2.24) is 31.0 Å². The van der Waals surface area contributed by atoms with Crippen LogP contribution in [0.15, 0.2) is 78.9 Å². The number of amides is 4. The largest absolute Gasteiger partial charge is 0.478 e. The monoisotopic (exact) mass is 730 g/mol. The van der Waals surface area contributed by atoms with Crippen molar-refractivity contribution in [3.05, 3.63) is 112 Å². The lowest BCUT2D eigenvalue weighted by Crippen LogP contribution is -2.45. The van der Waals surface area contributed by atoms with Crippen molar-refractivity contribution >= 4 is 41.2 Å². The Morgan fingerprint density at radius 1 is 0.808 bits per heavy atom. The number of halogens is 1. The number of hydroxylamine groups is 1. The van der Waals surface area contributed by atoms with Crippen LogP contribution in [-0.2, 0) is 33.8 Å². The van der Waals surface area contributed by atoms with Gasteiger partial charge in [0.1, 0.15) is 17.4 Å². The number of hydrogen-bond donors (Lipinski definition) is 6. The van der Waals surface area contributed by atoms with Crippen molar-refractivity contribution in [2.45, 2.75) is 52.0 Å². The predicted octanol–water partition coefficient (Wildman–Crippen LogP) is 4.40. The summed E-state index contributed by atoms with van der Waals surface area (Å²) in [7, 11) is 0. The summed E-state index contributed by atoms with van der Waals surface area (Å²) in [6, 6.07) is 23.1. The Bertz CT molecular complexity index is 1850. The molecule has 0 saturated carbocycles. The third-order valence-corrected chi connectivity index (χ3v) is 8.66. The summed E-state index contributed by atoms with van der Waals surface area (Å²) in [5.74, 6) is -3.93. The molecule has 0 aliphatic rings. The fraction of sp³-hybridized carbons (Fsp3) is 0.316. The second kappa shape index (κ2) is 19.8. The summed E-state index contributed by atoms with van der Waals surface area (Å²) >= 11 is 6.52. The number of nitrogens with one attached hydrogen (secondary N) is 4. The highest BCUT2D eigenvalue weighted by Crippen LogP contribution is 2.26. The molecule has 3 aromatic carbocycles. The Morgan fingerprint density at radius 2 is 1.48 bits per heavy atom. The molecule has 0 aliphatic carbocycles.